The molecule has 2 N–H and O–H groups in total. The number of hydrogen-bond donors (Lipinski definition) is 2. The van der Waals surface area contributed by atoms with Gasteiger partial charge in [0.15, 0.2) is 16.6 Å². The van der Waals surface area contributed by atoms with Crippen LogP contribution in [0.5, 0.6) is 0 Å². The number of amidine groups is 1. The van der Waals surface area contributed by atoms with Gasteiger partial charge in [-0.15, -0.1) is 0 Å². The second kappa shape index (κ2) is 8.31. The molecule has 0 atom stereocenters. The summed E-state index contributed by atoms with van der Waals surface area (Å²) in [7, 11) is 0. The topological polar surface area (TPSA) is 83.5 Å². The number of nitrogens with zero attached hydrogens (tertiary/aromatic N) is 3. The Balaban J connectivity index is 1.84. The Morgan fingerprint density at radius 1 is 1.31 bits per heavy atom. The van der Waals surface area contributed by atoms with Crippen LogP contribution in [0.1, 0.15) is 16.8 Å². The Labute approximate surface area is 158 Å². The van der Waals surface area contributed by atoms with Crippen LogP contribution >= 0.6 is 23.4 Å². The van der Waals surface area contributed by atoms with Crippen LogP contribution in [0.25, 0.3) is 0 Å². The summed E-state index contributed by atoms with van der Waals surface area (Å²) in [5.74, 6) is 0.246. The molecule has 6 nitrogen and oxygen atoms in total. The zero-order chi connectivity index (χ0) is 18.5. The average molecular weight is 393 g/mol. The van der Waals surface area contributed by atoms with Crippen LogP contribution < -0.4 is 5.48 Å². The van der Waals surface area contributed by atoms with Crippen molar-refractivity contribution in [3.05, 3.63) is 70.1 Å². The Morgan fingerprint density at radius 3 is 2.85 bits per heavy atom. The summed E-state index contributed by atoms with van der Waals surface area (Å²) >= 11 is 7.49. The first-order valence-electron chi connectivity index (χ1n) is 7.52. The molecule has 0 amide bonds. The minimum Gasteiger partial charge on any atom is -0.290 e. The molecule has 0 spiro atoms. The van der Waals surface area contributed by atoms with Gasteiger partial charge in [0.25, 0.3) is 0 Å². The van der Waals surface area contributed by atoms with E-state index in [0.29, 0.717) is 27.1 Å². The molecular weight excluding hydrogens is 379 g/mol. The van der Waals surface area contributed by atoms with E-state index in [4.69, 9.17) is 16.2 Å². The smallest absolute Gasteiger partial charge is 0.186 e. The molecule has 1 heterocycles. The number of rotatable bonds is 5. The zero-order valence-corrected chi connectivity index (χ0v) is 15.2. The third-order valence-electron chi connectivity index (χ3n) is 3.49. The molecule has 2 aromatic carbocycles. The summed E-state index contributed by atoms with van der Waals surface area (Å²) in [4.78, 5) is 4.24. The molecule has 0 aliphatic carbocycles. The second-order valence-corrected chi connectivity index (χ2v) is 6.68. The summed E-state index contributed by atoms with van der Waals surface area (Å²) in [6.07, 6.45) is 0. The van der Waals surface area contributed by atoms with Crippen molar-refractivity contribution in [1.29, 1.82) is 0 Å². The van der Waals surface area contributed by atoms with E-state index in [1.165, 1.54) is 23.9 Å². The quantitative estimate of drug-likeness (QED) is 0.287. The lowest BCUT2D eigenvalue weighted by Gasteiger charge is -2.05. The maximum atomic E-state index is 13.4. The van der Waals surface area contributed by atoms with Crippen molar-refractivity contribution in [2.24, 2.45) is 4.99 Å². The molecule has 0 saturated heterocycles. The van der Waals surface area contributed by atoms with E-state index >= 15 is 0 Å². The van der Waals surface area contributed by atoms with Gasteiger partial charge >= 0.3 is 0 Å². The number of aryl methyl sites for hydroxylation is 1. The van der Waals surface area contributed by atoms with Crippen molar-refractivity contribution in [1.82, 2.24) is 15.8 Å². The molecule has 0 saturated carbocycles. The van der Waals surface area contributed by atoms with Gasteiger partial charge in [-0.1, -0.05) is 41.6 Å². The molecule has 0 radical (unpaired) electrons. The number of benzene rings is 2. The molecule has 0 unspecified atom stereocenters. The number of thioether (sulfide) groups is 1. The predicted molar refractivity (Wildman–Crippen MR) is 97.6 cm³/mol. The van der Waals surface area contributed by atoms with Crippen LogP contribution in [0, 0.1) is 12.7 Å². The van der Waals surface area contributed by atoms with Gasteiger partial charge in [-0.3, -0.25) is 10.7 Å². The Kier molecular flexibility index (Phi) is 5.87. The molecule has 0 bridgehead atoms. The Morgan fingerprint density at radius 2 is 2.12 bits per heavy atom. The SMILES string of the molecule is Cc1cc(N=C(NO)c2nonc2SCc2ccccc2Cl)ccc1F. The van der Waals surface area contributed by atoms with E-state index in [-0.39, 0.29) is 17.3 Å². The summed E-state index contributed by atoms with van der Waals surface area (Å²) in [5.41, 5.74) is 4.05. The zero-order valence-electron chi connectivity index (χ0n) is 13.6. The highest BCUT2D eigenvalue weighted by Crippen LogP contribution is 2.28. The molecule has 3 rings (SSSR count). The Hall–Kier alpha value is -2.42. The number of aromatic nitrogens is 2. The highest BCUT2D eigenvalue weighted by molar-refractivity contribution is 7.98. The van der Waals surface area contributed by atoms with Crippen LogP contribution in [0.2, 0.25) is 5.02 Å². The van der Waals surface area contributed by atoms with E-state index in [0.717, 1.165) is 5.56 Å². The van der Waals surface area contributed by atoms with Gasteiger partial charge < -0.3 is 0 Å². The standard InChI is InChI=1S/C17H14ClFN4O2S/c1-10-8-12(6-7-14(10)19)20-16(21-24)15-17(23-25-22-15)26-9-11-4-2-3-5-13(11)18/h2-8,24H,9H2,1H3,(H,20,21). The fourth-order valence-corrected chi connectivity index (χ4v) is 3.32. The molecule has 1 aromatic heterocycles. The highest BCUT2D eigenvalue weighted by atomic mass is 35.5. The van der Waals surface area contributed by atoms with E-state index in [1.807, 2.05) is 23.7 Å². The average Bonchev–Trinajstić information content (AvgIpc) is 3.10. The van der Waals surface area contributed by atoms with Gasteiger partial charge in [0, 0.05) is 10.8 Å². The lowest BCUT2D eigenvalue weighted by atomic mass is 10.2. The van der Waals surface area contributed by atoms with E-state index < -0.39 is 0 Å². The highest BCUT2D eigenvalue weighted by Gasteiger charge is 2.17. The first-order valence-corrected chi connectivity index (χ1v) is 8.89. The second-order valence-electron chi connectivity index (χ2n) is 5.30. The number of nitrogens with one attached hydrogen (secondary N) is 1. The van der Waals surface area contributed by atoms with Crippen LogP contribution in [-0.2, 0) is 5.75 Å². The largest absolute Gasteiger partial charge is 0.290 e. The van der Waals surface area contributed by atoms with Gasteiger partial charge in [-0.25, -0.2) is 14.0 Å². The molecule has 26 heavy (non-hydrogen) atoms. The maximum absolute atomic E-state index is 13.4. The van der Waals surface area contributed by atoms with Gasteiger partial charge in [-0.05, 0) is 52.6 Å². The van der Waals surface area contributed by atoms with Gasteiger partial charge in [0.1, 0.15) is 5.82 Å². The molecule has 3 aromatic rings. The maximum Gasteiger partial charge on any atom is 0.186 e. The molecule has 0 aliphatic rings. The van der Waals surface area contributed by atoms with Crippen LogP contribution in [0.4, 0.5) is 10.1 Å². The monoisotopic (exact) mass is 392 g/mol. The van der Waals surface area contributed by atoms with Crippen molar-refractivity contribution in [3.8, 4) is 0 Å². The fraction of sp³-hybridized carbons (Fsp3) is 0.118. The lowest BCUT2D eigenvalue weighted by molar-refractivity contribution is 0.234. The van der Waals surface area contributed by atoms with Crippen molar-refractivity contribution in [2.75, 3.05) is 0 Å². The molecule has 134 valence electrons. The molecule has 0 fully saturated rings. The fourth-order valence-electron chi connectivity index (χ4n) is 2.14. The predicted octanol–water partition coefficient (Wildman–Crippen LogP) is 4.52. The first-order chi connectivity index (χ1) is 12.6. The number of halogens is 2. The summed E-state index contributed by atoms with van der Waals surface area (Å²) in [6.45, 7) is 1.63. The number of hydrogen-bond acceptors (Lipinski definition) is 6. The van der Waals surface area contributed by atoms with E-state index in [9.17, 15) is 9.60 Å². The van der Waals surface area contributed by atoms with E-state index in [2.05, 4.69) is 15.3 Å². The third-order valence-corrected chi connectivity index (χ3v) is 4.86. The molecular formula is C17H14ClFN4O2S. The van der Waals surface area contributed by atoms with Crippen molar-refractivity contribution in [3.63, 3.8) is 0 Å². The number of hydroxylamine groups is 1. The summed E-state index contributed by atoms with van der Waals surface area (Å²) in [6, 6.07) is 11.8. The molecule has 0 aliphatic heterocycles. The normalized spacial score (nSPS) is 11.6. The van der Waals surface area contributed by atoms with Crippen molar-refractivity contribution >= 4 is 34.9 Å². The minimum absolute atomic E-state index is 0.0407. The van der Waals surface area contributed by atoms with Gasteiger partial charge in [-0.2, -0.15) is 0 Å². The summed E-state index contributed by atoms with van der Waals surface area (Å²) < 4.78 is 18.2. The van der Waals surface area contributed by atoms with Gasteiger partial charge in [0.2, 0.25) is 0 Å². The van der Waals surface area contributed by atoms with Crippen LogP contribution in [0.15, 0.2) is 57.1 Å². The minimum atomic E-state index is -0.332. The lowest BCUT2D eigenvalue weighted by Crippen LogP contribution is -2.21. The van der Waals surface area contributed by atoms with Crippen LogP contribution in [-0.4, -0.2) is 21.4 Å². The number of aliphatic imine (C=N–C) groups is 1. The molecule has 9 heteroatoms. The first kappa shape index (κ1) is 18.4. The Bertz CT molecular complexity index is 948. The van der Waals surface area contributed by atoms with E-state index in [1.54, 1.807) is 19.1 Å². The summed E-state index contributed by atoms with van der Waals surface area (Å²) in [5, 5.41) is 18.2. The third kappa shape index (κ3) is 4.21. The van der Waals surface area contributed by atoms with Crippen LogP contribution in [0.3, 0.4) is 0 Å². The van der Waals surface area contributed by atoms with Crippen molar-refractivity contribution in [2.45, 2.75) is 17.7 Å². The van der Waals surface area contributed by atoms with Crippen molar-refractivity contribution < 1.29 is 14.2 Å². The van der Waals surface area contributed by atoms with Gasteiger partial charge in [0.05, 0.1) is 5.69 Å².